The molecule has 0 aliphatic carbocycles. The van der Waals surface area contributed by atoms with Crippen molar-refractivity contribution >= 4 is 12.4 Å². The fourth-order valence-electron chi connectivity index (χ4n) is 2.48. The van der Waals surface area contributed by atoms with E-state index in [4.69, 9.17) is 9.26 Å². The van der Waals surface area contributed by atoms with Gasteiger partial charge in [-0.05, 0) is 44.9 Å². The molecule has 2 heterocycles. The first-order chi connectivity index (χ1) is 10.2. The van der Waals surface area contributed by atoms with Crippen molar-refractivity contribution in [1.82, 2.24) is 15.5 Å². The SMILES string of the molecule is CC1(c2nc(COc3ccccc3F)no2)CCCCN1.Cl. The summed E-state index contributed by atoms with van der Waals surface area (Å²) in [4.78, 5) is 4.36. The number of piperidine rings is 1. The fraction of sp³-hybridized carbons (Fsp3) is 0.467. The van der Waals surface area contributed by atoms with Gasteiger partial charge in [0.15, 0.2) is 18.2 Å². The highest BCUT2D eigenvalue weighted by Gasteiger charge is 2.34. The third-order valence-corrected chi connectivity index (χ3v) is 3.75. The normalized spacial score (nSPS) is 21.2. The number of nitrogens with one attached hydrogen (secondary N) is 1. The zero-order valence-corrected chi connectivity index (χ0v) is 13.2. The van der Waals surface area contributed by atoms with Crippen molar-refractivity contribution in [3.05, 3.63) is 41.8 Å². The van der Waals surface area contributed by atoms with Crippen molar-refractivity contribution in [3.8, 4) is 5.75 Å². The minimum atomic E-state index is -0.401. The van der Waals surface area contributed by atoms with Gasteiger partial charge in [-0.15, -0.1) is 12.4 Å². The number of aromatic nitrogens is 2. The van der Waals surface area contributed by atoms with Crippen LogP contribution in [0.1, 0.15) is 37.9 Å². The minimum absolute atomic E-state index is 0. The highest BCUT2D eigenvalue weighted by molar-refractivity contribution is 5.85. The molecule has 22 heavy (non-hydrogen) atoms. The van der Waals surface area contributed by atoms with E-state index in [2.05, 4.69) is 22.4 Å². The van der Waals surface area contributed by atoms with E-state index in [0.717, 1.165) is 25.8 Å². The molecule has 1 unspecified atom stereocenters. The lowest BCUT2D eigenvalue weighted by molar-refractivity contribution is 0.205. The molecule has 2 aromatic rings. The molecule has 0 amide bonds. The predicted molar refractivity (Wildman–Crippen MR) is 81.5 cm³/mol. The Kier molecular flexibility index (Phi) is 5.37. The molecule has 1 saturated heterocycles. The van der Waals surface area contributed by atoms with Crippen LogP contribution in [0.5, 0.6) is 5.75 Å². The average Bonchev–Trinajstić information content (AvgIpc) is 2.97. The minimum Gasteiger partial charge on any atom is -0.482 e. The Bertz CT molecular complexity index is 614. The van der Waals surface area contributed by atoms with Crippen LogP contribution in [0.4, 0.5) is 4.39 Å². The van der Waals surface area contributed by atoms with Crippen molar-refractivity contribution in [2.75, 3.05) is 6.54 Å². The molecule has 3 rings (SSSR count). The molecule has 1 aliphatic heterocycles. The number of rotatable bonds is 4. The molecule has 1 aromatic heterocycles. The number of benzene rings is 1. The van der Waals surface area contributed by atoms with E-state index in [-0.39, 0.29) is 30.3 Å². The second kappa shape index (κ2) is 7.07. The van der Waals surface area contributed by atoms with Gasteiger partial charge < -0.3 is 14.6 Å². The molecule has 7 heteroatoms. The van der Waals surface area contributed by atoms with Crippen LogP contribution in [0.2, 0.25) is 0 Å². The summed E-state index contributed by atoms with van der Waals surface area (Å²) in [5.41, 5.74) is -0.276. The lowest BCUT2D eigenvalue weighted by Gasteiger charge is -2.31. The predicted octanol–water partition coefficient (Wildman–Crippen LogP) is 3.20. The Hall–Kier alpha value is -1.66. The number of nitrogens with zero attached hydrogens (tertiary/aromatic N) is 2. The van der Waals surface area contributed by atoms with Gasteiger partial charge in [0.25, 0.3) is 0 Å². The third kappa shape index (κ3) is 3.56. The first-order valence-electron chi connectivity index (χ1n) is 7.13. The van der Waals surface area contributed by atoms with E-state index < -0.39 is 5.82 Å². The second-order valence-electron chi connectivity index (χ2n) is 5.45. The molecule has 0 bridgehead atoms. The number of hydrogen-bond acceptors (Lipinski definition) is 5. The van der Waals surface area contributed by atoms with Gasteiger partial charge in [0, 0.05) is 0 Å². The average molecular weight is 328 g/mol. The molecule has 0 saturated carbocycles. The summed E-state index contributed by atoms with van der Waals surface area (Å²) in [6.45, 7) is 3.08. The van der Waals surface area contributed by atoms with E-state index in [1.54, 1.807) is 18.2 Å². The summed E-state index contributed by atoms with van der Waals surface area (Å²) in [5.74, 6) is 0.768. The molecule has 5 nitrogen and oxygen atoms in total. The topological polar surface area (TPSA) is 60.2 Å². The van der Waals surface area contributed by atoms with Crippen LogP contribution in [0, 0.1) is 5.82 Å². The number of ether oxygens (including phenoxy) is 1. The van der Waals surface area contributed by atoms with Crippen molar-refractivity contribution in [3.63, 3.8) is 0 Å². The van der Waals surface area contributed by atoms with Crippen LogP contribution >= 0.6 is 12.4 Å². The molecular weight excluding hydrogens is 309 g/mol. The number of halogens is 2. The van der Waals surface area contributed by atoms with Gasteiger partial charge in [-0.25, -0.2) is 4.39 Å². The van der Waals surface area contributed by atoms with Gasteiger partial charge in [-0.3, -0.25) is 0 Å². The summed E-state index contributed by atoms with van der Waals surface area (Å²) in [5, 5.41) is 7.32. The van der Waals surface area contributed by atoms with Gasteiger partial charge >= 0.3 is 0 Å². The standard InChI is InChI=1S/C15H18FN3O2.ClH/c1-15(8-4-5-9-17-15)14-18-13(19-21-14)10-20-12-7-3-2-6-11(12)16;/h2-3,6-7,17H,4-5,8-10H2,1H3;1H. The van der Waals surface area contributed by atoms with Crippen LogP contribution in [0.25, 0.3) is 0 Å². The highest BCUT2D eigenvalue weighted by atomic mass is 35.5. The number of para-hydroxylation sites is 1. The summed E-state index contributed by atoms with van der Waals surface area (Å²) in [6.07, 6.45) is 3.25. The van der Waals surface area contributed by atoms with Crippen molar-refractivity contribution < 1.29 is 13.7 Å². The van der Waals surface area contributed by atoms with Gasteiger partial charge in [0.2, 0.25) is 11.7 Å². The summed E-state index contributed by atoms with van der Waals surface area (Å²) in [7, 11) is 0. The summed E-state index contributed by atoms with van der Waals surface area (Å²) < 4.78 is 24.2. The molecule has 1 aromatic carbocycles. The lowest BCUT2D eigenvalue weighted by atomic mass is 9.91. The Morgan fingerprint density at radius 2 is 2.18 bits per heavy atom. The van der Waals surface area contributed by atoms with Crippen LogP contribution in [-0.2, 0) is 12.1 Å². The quantitative estimate of drug-likeness (QED) is 0.934. The molecule has 120 valence electrons. The van der Waals surface area contributed by atoms with Gasteiger partial charge in [-0.1, -0.05) is 17.3 Å². The maximum atomic E-state index is 13.5. The van der Waals surface area contributed by atoms with E-state index in [1.165, 1.54) is 6.07 Å². The Labute approximate surface area is 134 Å². The molecule has 0 spiro atoms. The van der Waals surface area contributed by atoms with Gasteiger partial charge in [-0.2, -0.15) is 4.98 Å². The maximum absolute atomic E-state index is 13.5. The van der Waals surface area contributed by atoms with E-state index >= 15 is 0 Å². The Balaban J connectivity index is 0.00000176. The Morgan fingerprint density at radius 1 is 1.36 bits per heavy atom. The molecule has 1 atom stereocenters. The smallest absolute Gasteiger partial charge is 0.246 e. The Morgan fingerprint density at radius 3 is 2.91 bits per heavy atom. The molecule has 1 aliphatic rings. The second-order valence-corrected chi connectivity index (χ2v) is 5.45. The fourth-order valence-corrected chi connectivity index (χ4v) is 2.48. The monoisotopic (exact) mass is 327 g/mol. The maximum Gasteiger partial charge on any atom is 0.246 e. The van der Waals surface area contributed by atoms with E-state index in [0.29, 0.717) is 11.7 Å². The van der Waals surface area contributed by atoms with Crippen LogP contribution in [0.3, 0.4) is 0 Å². The molecule has 1 fully saturated rings. The van der Waals surface area contributed by atoms with Gasteiger partial charge in [0.05, 0.1) is 5.54 Å². The summed E-state index contributed by atoms with van der Waals surface area (Å²) in [6, 6.07) is 6.25. The zero-order valence-electron chi connectivity index (χ0n) is 12.3. The highest BCUT2D eigenvalue weighted by Crippen LogP contribution is 2.28. The largest absolute Gasteiger partial charge is 0.482 e. The van der Waals surface area contributed by atoms with Crippen molar-refractivity contribution in [2.45, 2.75) is 38.3 Å². The molecule has 1 N–H and O–H groups in total. The molecule has 0 radical (unpaired) electrons. The number of hydrogen-bond donors (Lipinski definition) is 1. The lowest BCUT2D eigenvalue weighted by Crippen LogP contribution is -2.43. The van der Waals surface area contributed by atoms with E-state index in [1.807, 2.05) is 0 Å². The zero-order chi connectivity index (χ0) is 14.7. The van der Waals surface area contributed by atoms with Crippen molar-refractivity contribution in [1.29, 1.82) is 0 Å². The first kappa shape index (κ1) is 16.7. The molecular formula is C15H19ClFN3O2. The summed E-state index contributed by atoms with van der Waals surface area (Å²) >= 11 is 0. The van der Waals surface area contributed by atoms with Crippen LogP contribution in [0.15, 0.2) is 28.8 Å². The van der Waals surface area contributed by atoms with Crippen LogP contribution in [-0.4, -0.2) is 16.7 Å². The van der Waals surface area contributed by atoms with E-state index in [9.17, 15) is 4.39 Å². The third-order valence-electron chi connectivity index (χ3n) is 3.75. The van der Waals surface area contributed by atoms with Gasteiger partial charge in [0.1, 0.15) is 0 Å². The first-order valence-corrected chi connectivity index (χ1v) is 7.13. The van der Waals surface area contributed by atoms with Crippen molar-refractivity contribution in [2.24, 2.45) is 0 Å². The van der Waals surface area contributed by atoms with Crippen LogP contribution < -0.4 is 10.1 Å².